The zero-order valence-electron chi connectivity index (χ0n) is 16.3. The summed E-state index contributed by atoms with van der Waals surface area (Å²) >= 11 is 5.88. The molecule has 0 atom stereocenters. The van der Waals surface area contributed by atoms with Crippen molar-refractivity contribution in [2.75, 3.05) is 5.32 Å². The third kappa shape index (κ3) is 6.18. The van der Waals surface area contributed by atoms with Gasteiger partial charge in [0.25, 0.3) is 0 Å². The van der Waals surface area contributed by atoms with Crippen LogP contribution in [0.25, 0.3) is 0 Å². The summed E-state index contributed by atoms with van der Waals surface area (Å²) in [6, 6.07) is 22.0. The molecular weight excluding hydrogens is 402 g/mol. The molecule has 0 bridgehead atoms. The highest BCUT2D eigenvalue weighted by atomic mass is 35.5. The Hall–Kier alpha value is -3.64. The molecule has 0 aliphatic carbocycles. The van der Waals surface area contributed by atoms with Crippen LogP contribution in [0.4, 0.5) is 5.69 Å². The molecule has 2 N–H and O–H groups in total. The first-order valence-electron chi connectivity index (χ1n) is 9.18. The number of anilines is 1. The van der Waals surface area contributed by atoms with Gasteiger partial charge in [-0.05, 0) is 66.1 Å². The molecule has 0 fully saturated rings. The van der Waals surface area contributed by atoms with Crippen molar-refractivity contribution < 1.29 is 14.3 Å². The minimum Gasteiger partial charge on any atom is -0.489 e. The zero-order chi connectivity index (χ0) is 21.3. The van der Waals surface area contributed by atoms with Gasteiger partial charge in [0, 0.05) is 10.7 Å². The van der Waals surface area contributed by atoms with E-state index in [0.717, 1.165) is 22.4 Å². The van der Waals surface area contributed by atoms with Crippen molar-refractivity contribution in [3.8, 4) is 5.75 Å². The second-order valence-electron chi connectivity index (χ2n) is 6.46. The fourth-order valence-electron chi connectivity index (χ4n) is 2.55. The molecule has 0 saturated heterocycles. The molecule has 0 unspecified atom stereocenters. The van der Waals surface area contributed by atoms with E-state index in [-0.39, 0.29) is 0 Å². The summed E-state index contributed by atoms with van der Waals surface area (Å²) in [7, 11) is 0. The van der Waals surface area contributed by atoms with Crippen LogP contribution in [0.3, 0.4) is 0 Å². The predicted molar refractivity (Wildman–Crippen MR) is 118 cm³/mol. The molecule has 3 aromatic rings. The van der Waals surface area contributed by atoms with Crippen LogP contribution in [-0.2, 0) is 16.2 Å². The van der Waals surface area contributed by atoms with E-state index in [0.29, 0.717) is 17.3 Å². The van der Waals surface area contributed by atoms with Crippen LogP contribution in [0.15, 0.2) is 77.9 Å². The minimum absolute atomic E-state index is 0.479. The number of hydrogen-bond acceptors (Lipinski definition) is 4. The van der Waals surface area contributed by atoms with Gasteiger partial charge in [-0.1, -0.05) is 41.9 Å². The first kappa shape index (κ1) is 21.1. The Kier molecular flexibility index (Phi) is 7.19. The van der Waals surface area contributed by atoms with E-state index < -0.39 is 11.8 Å². The molecule has 0 radical (unpaired) electrons. The maximum atomic E-state index is 12.0. The second-order valence-corrected chi connectivity index (χ2v) is 6.89. The lowest BCUT2D eigenvalue weighted by Crippen LogP contribution is -2.32. The number of carbonyl (C=O) groups excluding carboxylic acids is 2. The Balaban J connectivity index is 1.48. The van der Waals surface area contributed by atoms with Crippen LogP contribution in [-0.4, -0.2) is 18.0 Å². The number of hydrazone groups is 1. The Morgan fingerprint density at radius 3 is 2.43 bits per heavy atom. The highest BCUT2D eigenvalue weighted by Gasteiger charge is 2.14. The van der Waals surface area contributed by atoms with Crippen molar-refractivity contribution in [2.45, 2.75) is 13.5 Å². The SMILES string of the molecule is Cc1cc(Cl)ccc1NC(=O)C(=O)N/N=C\c1ccc(OCc2ccccc2)cc1. The number of rotatable bonds is 6. The first-order valence-corrected chi connectivity index (χ1v) is 9.56. The van der Waals surface area contributed by atoms with Crippen molar-refractivity contribution in [1.29, 1.82) is 0 Å². The number of benzene rings is 3. The molecule has 0 aliphatic heterocycles. The molecule has 3 aromatic carbocycles. The monoisotopic (exact) mass is 421 g/mol. The van der Waals surface area contributed by atoms with Crippen LogP contribution < -0.4 is 15.5 Å². The van der Waals surface area contributed by atoms with E-state index in [1.54, 1.807) is 37.3 Å². The first-order chi connectivity index (χ1) is 14.5. The van der Waals surface area contributed by atoms with Gasteiger partial charge in [-0.2, -0.15) is 5.10 Å². The van der Waals surface area contributed by atoms with Crippen LogP contribution in [0, 0.1) is 6.92 Å². The van der Waals surface area contributed by atoms with E-state index in [4.69, 9.17) is 16.3 Å². The Morgan fingerprint density at radius 2 is 1.73 bits per heavy atom. The standard InChI is InChI=1S/C23H20ClN3O3/c1-16-13-19(24)9-12-21(16)26-22(28)23(29)27-25-14-17-7-10-20(11-8-17)30-15-18-5-3-2-4-6-18/h2-14H,15H2,1H3,(H,26,28)(H,27,29)/b25-14-. The predicted octanol–water partition coefficient (Wildman–Crippen LogP) is 4.32. The quantitative estimate of drug-likeness (QED) is 0.353. The lowest BCUT2D eigenvalue weighted by atomic mass is 10.2. The van der Waals surface area contributed by atoms with E-state index in [2.05, 4.69) is 15.8 Å². The van der Waals surface area contributed by atoms with Gasteiger partial charge in [0.05, 0.1) is 6.21 Å². The molecule has 0 aliphatic rings. The number of nitrogens with one attached hydrogen (secondary N) is 2. The molecule has 30 heavy (non-hydrogen) atoms. The molecule has 6 nitrogen and oxygen atoms in total. The molecular formula is C23H20ClN3O3. The topological polar surface area (TPSA) is 79.8 Å². The van der Waals surface area contributed by atoms with Gasteiger partial charge >= 0.3 is 11.8 Å². The highest BCUT2D eigenvalue weighted by molar-refractivity contribution is 6.39. The third-order valence-electron chi connectivity index (χ3n) is 4.15. The zero-order valence-corrected chi connectivity index (χ0v) is 17.0. The van der Waals surface area contributed by atoms with Gasteiger partial charge < -0.3 is 10.1 Å². The number of halogens is 1. The molecule has 0 saturated carbocycles. The smallest absolute Gasteiger partial charge is 0.329 e. The fourth-order valence-corrected chi connectivity index (χ4v) is 2.78. The second kappa shape index (κ2) is 10.2. The van der Waals surface area contributed by atoms with E-state index in [1.807, 2.05) is 42.5 Å². The molecule has 0 heterocycles. The van der Waals surface area contributed by atoms with E-state index in [1.165, 1.54) is 6.21 Å². The largest absolute Gasteiger partial charge is 0.489 e. The number of carbonyl (C=O) groups is 2. The van der Waals surface area contributed by atoms with Gasteiger partial charge in [0.15, 0.2) is 0 Å². The average Bonchev–Trinajstić information content (AvgIpc) is 2.75. The minimum atomic E-state index is -0.872. The van der Waals surface area contributed by atoms with Crippen molar-refractivity contribution in [2.24, 2.45) is 5.10 Å². The maximum absolute atomic E-state index is 12.0. The molecule has 0 spiro atoms. The fraction of sp³-hybridized carbons (Fsp3) is 0.0870. The van der Waals surface area contributed by atoms with Gasteiger partial charge in [0.1, 0.15) is 12.4 Å². The summed E-state index contributed by atoms with van der Waals surface area (Å²) in [4.78, 5) is 23.9. The summed E-state index contributed by atoms with van der Waals surface area (Å²) in [6.07, 6.45) is 1.44. The van der Waals surface area contributed by atoms with Crippen LogP contribution >= 0.6 is 11.6 Å². The maximum Gasteiger partial charge on any atom is 0.329 e. The Labute approximate surface area is 179 Å². The third-order valence-corrected chi connectivity index (χ3v) is 4.39. The van der Waals surface area contributed by atoms with Crippen molar-refractivity contribution in [1.82, 2.24) is 5.43 Å². The number of amides is 2. The van der Waals surface area contributed by atoms with Gasteiger partial charge in [-0.3, -0.25) is 9.59 Å². The molecule has 7 heteroatoms. The van der Waals surface area contributed by atoms with Gasteiger partial charge in [-0.25, -0.2) is 5.43 Å². The number of hydrogen-bond donors (Lipinski definition) is 2. The molecule has 0 aromatic heterocycles. The van der Waals surface area contributed by atoms with Gasteiger partial charge in [0.2, 0.25) is 0 Å². The summed E-state index contributed by atoms with van der Waals surface area (Å²) in [5, 5.41) is 6.89. The number of nitrogens with zero attached hydrogens (tertiary/aromatic N) is 1. The molecule has 3 rings (SSSR count). The Morgan fingerprint density at radius 1 is 1.00 bits per heavy atom. The van der Waals surface area contributed by atoms with Crippen LogP contribution in [0.1, 0.15) is 16.7 Å². The Bertz CT molecular complexity index is 1050. The van der Waals surface area contributed by atoms with Crippen molar-refractivity contribution >= 4 is 35.3 Å². The van der Waals surface area contributed by atoms with Crippen LogP contribution in [0.2, 0.25) is 5.02 Å². The summed E-state index contributed by atoms with van der Waals surface area (Å²) < 4.78 is 5.72. The average molecular weight is 422 g/mol. The number of aryl methyl sites for hydroxylation is 1. The summed E-state index contributed by atoms with van der Waals surface area (Å²) in [6.45, 7) is 2.26. The lowest BCUT2D eigenvalue weighted by molar-refractivity contribution is -0.136. The highest BCUT2D eigenvalue weighted by Crippen LogP contribution is 2.19. The summed E-state index contributed by atoms with van der Waals surface area (Å²) in [5.41, 5.74) is 5.29. The lowest BCUT2D eigenvalue weighted by Gasteiger charge is -2.07. The van der Waals surface area contributed by atoms with E-state index >= 15 is 0 Å². The van der Waals surface area contributed by atoms with Crippen molar-refractivity contribution in [3.63, 3.8) is 0 Å². The number of ether oxygens (including phenoxy) is 1. The van der Waals surface area contributed by atoms with E-state index in [9.17, 15) is 9.59 Å². The summed E-state index contributed by atoms with van der Waals surface area (Å²) in [5.74, 6) is -0.969. The molecule has 2 amide bonds. The normalized spacial score (nSPS) is 10.6. The molecule has 152 valence electrons. The van der Waals surface area contributed by atoms with Gasteiger partial charge in [-0.15, -0.1) is 0 Å². The van der Waals surface area contributed by atoms with Crippen molar-refractivity contribution in [3.05, 3.63) is 94.5 Å². The van der Waals surface area contributed by atoms with Crippen LogP contribution in [0.5, 0.6) is 5.75 Å².